The zero-order chi connectivity index (χ0) is 50.4. The van der Waals surface area contributed by atoms with Gasteiger partial charge in [-0.3, -0.25) is 19.2 Å². The third-order valence-corrected chi connectivity index (χ3v) is 9.78. The summed E-state index contributed by atoms with van der Waals surface area (Å²) in [5.41, 5.74) is -17.3. The van der Waals surface area contributed by atoms with Crippen molar-refractivity contribution in [2.24, 2.45) is 0 Å². The number of aliphatic hydroxyl groups is 3. The van der Waals surface area contributed by atoms with Crippen molar-refractivity contribution in [2.75, 3.05) is 6.61 Å². The van der Waals surface area contributed by atoms with Crippen LogP contribution in [0.15, 0.2) is 60.7 Å². The highest BCUT2D eigenvalue weighted by atomic mass is 16.6. The summed E-state index contributed by atoms with van der Waals surface area (Å²) in [6, 6.07) is 1.49. The number of phenols is 15. The van der Waals surface area contributed by atoms with Gasteiger partial charge in [0.25, 0.3) is 17.0 Å². The second kappa shape index (κ2) is 17.6. The van der Waals surface area contributed by atoms with Crippen molar-refractivity contribution in [3.63, 3.8) is 0 Å². The minimum Gasteiger partial charge on any atom is -0.504 e. The molecule has 0 amide bonds. The molecule has 0 aromatic heterocycles. The quantitative estimate of drug-likeness (QED) is 0.0210. The summed E-state index contributed by atoms with van der Waals surface area (Å²) in [6.07, 6.45) is -6.99. The number of benzene rings is 5. The molecule has 0 aliphatic rings. The molecule has 5 rings (SSSR count). The highest BCUT2D eigenvalue weighted by Crippen LogP contribution is 2.48. The maximum atomic E-state index is 15.6. The SMILES string of the molecule is O=C(OC(C(=O)c1cc(O)c(O)c(O)c1)(C(O)C(O)CO)[C@@](OC(=O)c1cc(O)c(O)c(O)c1)(C(=O)C(=O)c1cc(O)c(O)c(O)c1)C(=O)c1cc(O)c(O)c(O)c1)c1cc(O)c(O)c(O)c1. The molecule has 0 heterocycles. The topological polar surface area (TPSA) is 485 Å². The van der Waals surface area contributed by atoms with Gasteiger partial charge in [0.2, 0.25) is 17.3 Å². The first-order valence-electron chi connectivity index (χ1n) is 18.0. The van der Waals surface area contributed by atoms with Gasteiger partial charge in [-0.25, -0.2) is 9.59 Å². The number of hydrogen-bond acceptors (Lipinski definition) is 26. The number of Topliss-reactive ketones (excluding diaryl/α,β-unsaturated/α-hetero) is 4. The van der Waals surface area contributed by atoms with Gasteiger partial charge in [-0.1, -0.05) is 0 Å². The van der Waals surface area contributed by atoms with E-state index in [9.17, 15) is 106 Å². The van der Waals surface area contributed by atoms with Crippen molar-refractivity contribution >= 4 is 35.1 Å². The maximum absolute atomic E-state index is 15.6. The number of ketones is 4. The molecule has 0 saturated heterocycles. The molecule has 67 heavy (non-hydrogen) atoms. The number of carbonyl (C=O) groups is 6. The Bertz CT molecular complexity index is 2810. The fourth-order valence-electron chi connectivity index (χ4n) is 6.42. The van der Waals surface area contributed by atoms with Gasteiger partial charge in [-0.2, -0.15) is 0 Å². The monoisotopic (exact) mass is 940 g/mol. The molecule has 0 aliphatic carbocycles. The van der Waals surface area contributed by atoms with Gasteiger partial charge in [0.1, 0.15) is 12.2 Å². The lowest BCUT2D eigenvalue weighted by molar-refractivity contribution is -0.187. The van der Waals surface area contributed by atoms with Gasteiger partial charge in [0.05, 0.1) is 17.7 Å². The Balaban J connectivity index is 2.13. The van der Waals surface area contributed by atoms with Crippen LogP contribution in [0.25, 0.3) is 0 Å². The number of hydrogen-bond donors (Lipinski definition) is 18. The first-order chi connectivity index (χ1) is 31.2. The molecule has 3 unspecified atom stereocenters. The highest BCUT2D eigenvalue weighted by molar-refractivity contribution is 6.52. The molecule has 4 atom stereocenters. The Kier molecular flexibility index (Phi) is 12.8. The van der Waals surface area contributed by atoms with Crippen LogP contribution in [0.4, 0.5) is 0 Å². The summed E-state index contributed by atoms with van der Waals surface area (Å²) < 4.78 is 10.8. The van der Waals surface area contributed by atoms with E-state index in [4.69, 9.17) is 9.47 Å². The summed E-state index contributed by atoms with van der Waals surface area (Å²) in [4.78, 5) is 90.1. The van der Waals surface area contributed by atoms with Gasteiger partial charge in [0.15, 0.2) is 86.2 Å². The van der Waals surface area contributed by atoms with Crippen LogP contribution in [-0.2, 0) is 14.3 Å². The number of rotatable bonds is 15. The van der Waals surface area contributed by atoms with Crippen LogP contribution in [-0.4, -0.2) is 157 Å². The first kappa shape index (κ1) is 48.6. The van der Waals surface area contributed by atoms with Gasteiger partial charge in [0, 0.05) is 16.7 Å². The second-order valence-electron chi connectivity index (χ2n) is 14.0. The highest BCUT2D eigenvalue weighted by Gasteiger charge is 2.76. The van der Waals surface area contributed by atoms with Crippen molar-refractivity contribution in [3.8, 4) is 86.2 Å². The molecule has 0 spiro atoms. The van der Waals surface area contributed by atoms with Crippen molar-refractivity contribution < 1.29 is 130 Å². The van der Waals surface area contributed by atoms with Crippen molar-refractivity contribution in [1.29, 1.82) is 0 Å². The van der Waals surface area contributed by atoms with Crippen LogP contribution in [0, 0.1) is 0 Å². The van der Waals surface area contributed by atoms with Crippen LogP contribution >= 0.6 is 0 Å². The van der Waals surface area contributed by atoms with Crippen molar-refractivity contribution in [3.05, 3.63) is 88.5 Å². The van der Waals surface area contributed by atoms with E-state index in [1.807, 2.05) is 0 Å². The standard InChI is InChI=1S/C41H32O26/c42-11-27(53)36(62)40(34(60)13-3-19(45)30(56)20(46)4-13,66-38(64)15-7-23(49)32(58)24(50)8-15)41(35(61)14-5-21(47)31(57)22(48)6-14,67-39(65)16-9-25(51)33(59)26(52)10-16)37(63)28(54)12-1-17(43)29(55)18(44)2-12/h1-10,27,36,42-53,55-59,62H,11H2/t27?,36?,40?,41-/m0/s1. The Hall–Kier alpha value is -9.40. The lowest BCUT2D eigenvalue weighted by atomic mass is 9.65. The van der Waals surface area contributed by atoms with Crippen LogP contribution < -0.4 is 0 Å². The molecular formula is C41H32O26. The minimum atomic E-state index is -5.16. The van der Waals surface area contributed by atoms with E-state index in [1.165, 1.54) is 0 Å². The molecular weight excluding hydrogens is 908 g/mol. The Labute approximate surface area is 369 Å². The first-order valence-corrected chi connectivity index (χ1v) is 18.0. The second-order valence-corrected chi connectivity index (χ2v) is 14.0. The summed E-state index contributed by atoms with van der Waals surface area (Å²) >= 11 is 0. The smallest absolute Gasteiger partial charge is 0.340 e. The number of carbonyl (C=O) groups excluding carboxylic acids is 6. The number of ether oxygens (including phenoxy) is 2. The largest absolute Gasteiger partial charge is 0.504 e. The minimum absolute atomic E-state index is 0.0777. The molecule has 0 fully saturated rings. The zero-order valence-electron chi connectivity index (χ0n) is 33.0. The lowest BCUT2D eigenvalue weighted by Gasteiger charge is -2.47. The number of aliphatic hydroxyl groups excluding tert-OH is 3. The third-order valence-electron chi connectivity index (χ3n) is 9.78. The zero-order valence-corrected chi connectivity index (χ0v) is 33.0. The fraction of sp³-hybridized carbons (Fsp3) is 0.122. The number of esters is 2. The van der Waals surface area contributed by atoms with Crippen LogP contribution in [0.3, 0.4) is 0 Å². The normalized spacial score (nSPS) is 13.8. The number of phenolic OH excluding ortho intramolecular Hbond substituents is 15. The van der Waals surface area contributed by atoms with E-state index in [1.54, 1.807) is 0 Å². The molecule has 0 aliphatic heterocycles. The Morgan fingerprint density at radius 2 is 0.672 bits per heavy atom. The van der Waals surface area contributed by atoms with E-state index in [0.717, 1.165) is 0 Å². The summed E-state index contributed by atoms with van der Waals surface area (Å²) in [5, 5.41) is 188. The van der Waals surface area contributed by atoms with E-state index < -0.39 is 179 Å². The molecule has 26 heteroatoms. The molecule has 18 N–H and O–H groups in total. The van der Waals surface area contributed by atoms with Crippen molar-refractivity contribution in [1.82, 2.24) is 0 Å². The molecule has 5 aromatic carbocycles. The Morgan fingerprint density at radius 1 is 0.403 bits per heavy atom. The molecule has 0 saturated carbocycles. The summed E-state index contributed by atoms with van der Waals surface area (Å²) in [5.74, 6) is -37.0. The predicted molar refractivity (Wildman–Crippen MR) is 211 cm³/mol. The molecule has 0 radical (unpaired) electrons. The Morgan fingerprint density at radius 3 is 0.985 bits per heavy atom. The van der Waals surface area contributed by atoms with Gasteiger partial charge in [-0.05, 0) is 60.7 Å². The molecule has 352 valence electrons. The summed E-state index contributed by atoms with van der Waals surface area (Å²) in [7, 11) is 0. The van der Waals surface area contributed by atoms with Crippen LogP contribution in [0.5, 0.6) is 86.2 Å². The maximum Gasteiger partial charge on any atom is 0.340 e. The third kappa shape index (κ3) is 8.18. The summed E-state index contributed by atoms with van der Waals surface area (Å²) in [6.45, 7) is -1.89. The van der Waals surface area contributed by atoms with E-state index in [2.05, 4.69) is 0 Å². The van der Waals surface area contributed by atoms with Gasteiger partial charge in [-0.15, -0.1) is 0 Å². The predicted octanol–water partition coefficient (Wildman–Crippen LogP) is -0.306. The van der Waals surface area contributed by atoms with Crippen LogP contribution in [0.2, 0.25) is 0 Å². The van der Waals surface area contributed by atoms with Gasteiger partial charge >= 0.3 is 11.9 Å². The van der Waals surface area contributed by atoms with E-state index in [0.29, 0.717) is 0 Å². The van der Waals surface area contributed by atoms with E-state index in [-0.39, 0.29) is 60.7 Å². The molecule has 26 nitrogen and oxygen atoms in total. The van der Waals surface area contributed by atoms with Crippen molar-refractivity contribution in [2.45, 2.75) is 23.4 Å². The van der Waals surface area contributed by atoms with E-state index >= 15 is 14.4 Å². The lowest BCUT2D eigenvalue weighted by Crippen LogP contribution is -2.78. The molecule has 0 bridgehead atoms. The average molecular weight is 941 g/mol. The molecule has 5 aromatic rings. The average Bonchev–Trinajstić information content (AvgIpc) is 3.28. The van der Waals surface area contributed by atoms with Gasteiger partial charge < -0.3 is 101 Å². The van der Waals surface area contributed by atoms with Crippen LogP contribution in [0.1, 0.15) is 51.8 Å². The number of aromatic hydroxyl groups is 15. The fourth-order valence-corrected chi connectivity index (χ4v) is 6.42.